The molecule has 33 heavy (non-hydrogen) atoms. The molecule has 4 heterocycles. The highest BCUT2D eigenvalue weighted by molar-refractivity contribution is 5.77. The van der Waals surface area contributed by atoms with Crippen LogP contribution < -0.4 is 16.0 Å². The van der Waals surface area contributed by atoms with E-state index in [1.807, 2.05) is 61.5 Å². The molecule has 1 spiro atoms. The van der Waals surface area contributed by atoms with Gasteiger partial charge < -0.3 is 15.2 Å². The number of aryl methyl sites for hydroxylation is 1. The van der Waals surface area contributed by atoms with E-state index in [0.29, 0.717) is 17.1 Å². The zero-order valence-electron chi connectivity index (χ0n) is 17.9. The molecule has 162 valence electrons. The molecule has 0 saturated heterocycles. The lowest BCUT2D eigenvalue weighted by Gasteiger charge is -2.33. The van der Waals surface area contributed by atoms with Crippen molar-refractivity contribution in [2.45, 2.75) is 12.5 Å². The summed E-state index contributed by atoms with van der Waals surface area (Å²) in [5, 5.41) is 0. The normalized spacial score (nSPS) is 18.2. The van der Waals surface area contributed by atoms with Gasteiger partial charge in [-0.05, 0) is 48.9 Å². The summed E-state index contributed by atoms with van der Waals surface area (Å²) in [7, 11) is 0. The van der Waals surface area contributed by atoms with Crippen LogP contribution in [0.15, 0.2) is 89.0 Å². The third-order valence-corrected chi connectivity index (χ3v) is 6.15. The summed E-state index contributed by atoms with van der Waals surface area (Å²) in [6, 6.07) is 19.3. The number of amidine groups is 1. The van der Waals surface area contributed by atoms with Crippen molar-refractivity contribution in [3.8, 4) is 28.3 Å². The molecule has 0 radical (unpaired) electrons. The Hall–Kier alpha value is -4.39. The molecular weight excluding hydrogens is 416 g/mol. The molecule has 0 aliphatic carbocycles. The van der Waals surface area contributed by atoms with E-state index in [1.165, 1.54) is 0 Å². The van der Waals surface area contributed by atoms with E-state index in [2.05, 4.69) is 9.98 Å². The molecule has 7 heteroatoms. The molecule has 0 unspecified atom stereocenters. The fraction of sp³-hybridized carbons (Fsp3) is 0.115. The number of fused-ring (bicyclic) bond motifs is 4. The largest absolute Gasteiger partial charge is 0.462 e. The molecule has 2 aliphatic heterocycles. The van der Waals surface area contributed by atoms with Crippen molar-refractivity contribution in [2.24, 2.45) is 10.7 Å². The summed E-state index contributed by atoms with van der Waals surface area (Å²) >= 11 is 0. The second-order valence-corrected chi connectivity index (χ2v) is 8.22. The van der Waals surface area contributed by atoms with Gasteiger partial charge in [0, 0.05) is 35.4 Å². The Bertz CT molecular complexity index is 1480. The molecule has 0 bridgehead atoms. The number of ether oxygens (including phenoxy) is 2. The van der Waals surface area contributed by atoms with Crippen molar-refractivity contribution < 1.29 is 9.47 Å². The van der Waals surface area contributed by atoms with E-state index >= 15 is 0 Å². The topological polar surface area (TPSA) is 91.7 Å². The van der Waals surface area contributed by atoms with Gasteiger partial charge in [0.25, 0.3) is 11.6 Å². The minimum atomic E-state index is -1.10. The minimum absolute atomic E-state index is 0.0470. The van der Waals surface area contributed by atoms with Gasteiger partial charge in [-0.25, -0.2) is 4.99 Å². The van der Waals surface area contributed by atoms with E-state index in [-0.39, 0.29) is 18.2 Å². The van der Waals surface area contributed by atoms with E-state index < -0.39 is 5.54 Å². The summed E-state index contributed by atoms with van der Waals surface area (Å²) in [6.07, 6.45) is 5.24. The first kappa shape index (κ1) is 19.3. The summed E-state index contributed by atoms with van der Waals surface area (Å²) < 4.78 is 13.4. The second kappa shape index (κ2) is 7.06. The van der Waals surface area contributed by atoms with Gasteiger partial charge in [-0.2, -0.15) is 0 Å². The summed E-state index contributed by atoms with van der Waals surface area (Å²) in [6.45, 7) is 2.12. The first-order valence-corrected chi connectivity index (χ1v) is 10.6. The minimum Gasteiger partial charge on any atom is -0.462 e. The molecule has 4 aromatic rings. The molecule has 7 nitrogen and oxygen atoms in total. The molecule has 6 rings (SSSR count). The van der Waals surface area contributed by atoms with Gasteiger partial charge in [0.05, 0.1) is 5.56 Å². The van der Waals surface area contributed by atoms with Crippen LogP contribution >= 0.6 is 0 Å². The maximum absolute atomic E-state index is 13.8. The molecule has 0 amide bonds. The van der Waals surface area contributed by atoms with Crippen LogP contribution in [0.4, 0.5) is 0 Å². The first-order valence-electron chi connectivity index (χ1n) is 10.6. The monoisotopic (exact) mass is 436 g/mol. The number of aromatic nitrogens is 2. The van der Waals surface area contributed by atoms with Gasteiger partial charge in [0.2, 0.25) is 0 Å². The number of rotatable bonds is 2. The number of benzene rings is 2. The highest BCUT2D eigenvalue weighted by Gasteiger charge is 2.49. The lowest BCUT2D eigenvalue weighted by atomic mass is 9.81. The molecule has 1 atom stereocenters. The lowest BCUT2D eigenvalue weighted by molar-refractivity contribution is 0.262. The van der Waals surface area contributed by atoms with Crippen molar-refractivity contribution >= 4 is 6.02 Å². The van der Waals surface area contributed by atoms with Crippen molar-refractivity contribution in [3.05, 3.63) is 106 Å². The summed E-state index contributed by atoms with van der Waals surface area (Å²) in [5.41, 5.74) is 9.55. The number of nitrogens with two attached hydrogens (primary N) is 1. The van der Waals surface area contributed by atoms with Gasteiger partial charge in [-0.15, -0.1) is 0 Å². The average Bonchev–Trinajstić information content (AvgIpc) is 3.22. The first-order chi connectivity index (χ1) is 16.0. The Morgan fingerprint density at radius 2 is 1.88 bits per heavy atom. The number of hydrogen-bond donors (Lipinski definition) is 1. The summed E-state index contributed by atoms with van der Waals surface area (Å²) in [5.74, 6) is 1.07. The van der Waals surface area contributed by atoms with Crippen LogP contribution in [0.3, 0.4) is 0 Å². The fourth-order valence-electron chi connectivity index (χ4n) is 4.50. The maximum Gasteiger partial charge on any atom is 0.283 e. The molecule has 2 aliphatic rings. The van der Waals surface area contributed by atoms with Crippen LogP contribution in [-0.4, -0.2) is 22.2 Å². The number of hydrogen-bond acceptors (Lipinski definition) is 6. The maximum atomic E-state index is 13.8. The predicted octanol–water partition coefficient (Wildman–Crippen LogP) is 3.90. The summed E-state index contributed by atoms with van der Waals surface area (Å²) in [4.78, 5) is 22.7. The fourth-order valence-corrected chi connectivity index (χ4v) is 4.50. The molecule has 2 aromatic carbocycles. The van der Waals surface area contributed by atoms with Crippen LogP contribution in [0.2, 0.25) is 0 Å². The van der Waals surface area contributed by atoms with Crippen LogP contribution in [-0.2, 0) is 10.3 Å². The van der Waals surface area contributed by atoms with Crippen LogP contribution in [0.5, 0.6) is 11.5 Å². The van der Waals surface area contributed by atoms with Crippen LogP contribution in [0.1, 0.15) is 16.7 Å². The van der Waals surface area contributed by atoms with E-state index in [9.17, 15) is 4.79 Å². The van der Waals surface area contributed by atoms with Crippen molar-refractivity contribution in [1.29, 1.82) is 0 Å². The van der Waals surface area contributed by atoms with Gasteiger partial charge >= 0.3 is 0 Å². The van der Waals surface area contributed by atoms with Crippen molar-refractivity contribution in [3.63, 3.8) is 0 Å². The molecule has 2 aromatic heterocycles. The number of aliphatic imine (C=N–C) groups is 1. The molecule has 2 N–H and O–H groups in total. The Balaban J connectivity index is 1.59. The van der Waals surface area contributed by atoms with Gasteiger partial charge in [-0.3, -0.25) is 14.3 Å². The van der Waals surface area contributed by atoms with Crippen molar-refractivity contribution in [1.82, 2.24) is 9.55 Å². The van der Waals surface area contributed by atoms with Gasteiger partial charge in [-0.1, -0.05) is 29.8 Å². The standard InChI is InChI=1S/C26H20N4O3/c1-16-4-7-19(8-5-16)30-12-10-22-23(24(30)31)26(15-32-25(27)29-26)20-13-17(6-9-21(20)33-22)18-3-2-11-28-14-18/h2-14H,15H2,1H3,(H2,27,29)/t26-/m1/s1. The number of nitrogens with zero attached hydrogens (tertiary/aromatic N) is 3. The average molecular weight is 436 g/mol. The predicted molar refractivity (Wildman–Crippen MR) is 125 cm³/mol. The zero-order valence-corrected chi connectivity index (χ0v) is 17.9. The third kappa shape index (κ3) is 2.93. The Morgan fingerprint density at radius 3 is 2.61 bits per heavy atom. The lowest BCUT2D eigenvalue weighted by Crippen LogP contribution is -2.39. The zero-order chi connectivity index (χ0) is 22.6. The van der Waals surface area contributed by atoms with E-state index in [4.69, 9.17) is 15.2 Å². The molecular formula is C26H20N4O3. The van der Waals surface area contributed by atoms with E-state index in [0.717, 1.165) is 27.9 Å². The Kier molecular flexibility index (Phi) is 4.13. The Labute approximate surface area is 189 Å². The smallest absolute Gasteiger partial charge is 0.283 e. The third-order valence-electron chi connectivity index (χ3n) is 6.15. The highest BCUT2D eigenvalue weighted by atomic mass is 16.5. The van der Waals surface area contributed by atoms with Crippen LogP contribution in [0.25, 0.3) is 16.8 Å². The quantitative estimate of drug-likeness (QED) is 0.515. The van der Waals surface area contributed by atoms with E-state index in [1.54, 1.807) is 29.2 Å². The van der Waals surface area contributed by atoms with Gasteiger partial charge in [0.15, 0.2) is 5.54 Å². The number of pyridine rings is 2. The SMILES string of the molecule is Cc1ccc(-n2ccc3c(c2=O)[C@@]2(COC(N)=N2)c2cc(-c4cccnc4)ccc2O3)cc1. The second-order valence-electron chi connectivity index (χ2n) is 8.22. The molecule has 0 fully saturated rings. The Morgan fingerprint density at radius 1 is 1.03 bits per heavy atom. The highest BCUT2D eigenvalue weighted by Crippen LogP contribution is 2.50. The van der Waals surface area contributed by atoms with Gasteiger partial charge in [0.1, 0.15) is 18.1 Å². The van der Waals surface area contributed by atoms with Crippen LogP contribution in [0, 0.1) is 6.92 Å². The molecule has 0 saturated carbocycles. The van der Waals surface area contributed by atoms with Crippen molar-refractivity contribution in [2.75, 3.05) is 6.61 Å².